The number of benzene rings is 1. The van der Waals surface area contributed by atoms with Gasteiger partial charge in [-0.25, -0.2) is 4.79 Å². The van der Waals surface area contributed by atoms with Crippen molar-refractivity contribution in [1.82, 2.24) is 0 Å². The molecule has 0 amide bonds. The standard InChI is InChI=1S/C13H17ClO3/c1-5-16-12(15)9-7-6-8-10(11(9)14)17-13(2,3)4/h6-8H,5H2,1-4H3. The summed E-state index contributed by atoms with van der Waals surface area (Å²) in [5.41, 5.74) is -0.0352. The molecule has 94 valence electrons. The Kier molecular flexibility index (Phi) is 4.40. The van der Waals surface area contributed by atoms with Crippen molar-refractivity contribution in [2.24, 2.45) is 0 Å². The van der Waals surface area contributed by atoms with Crippen LogP contribution < -0.4 is 4.74 Å². The van der Waals surface area contributed by atoms with E-state index >= 15 is 0 Å². The number of carbonyl (C=O) groups excluding carboxylic acids is 1. The Morgan fingerprint density at radius 1 is 1.35 bits per heavy atom. The van der Waals surface area contributed by atoms with Crippen LogP contribution in [-0.2, 0) is 4.74 Å². The van der Waals surface area contributed by atoms with E-state index in [1.807, 2.05) is 20.8 Å². The molecule has 0 saturated carbocycles. The highest BCUT2D eigenvalue weighted by Gasteiger charge is 2.19. The molecular formula is C13H17ClO3. The van der Waals surface area contributed by atoms with Gasteiger partial charge in [0.2, 0.25) is 0 Å². The van der Waals surface area contributed by atoms with Gasteiger partial charge in [0.25, 0.3) is 0 Å². The van der Waals surface area contributed by atoms with E-state index in [9.17, 15) is 4.79 Å². The molecule has 1 aromatic rings. The lowest BCUT2D eigenvalue weighted by Crippen LogP contribution is -2.23. The normalized spacial score (nSPS) is 11.1. The Labute approximate surface area is 107 Å². The van der Waals surface area contributed by atoms with Crippen LogP contribution in [0.1, 0.15) is 38.1 Å². The average molecular weight is 257 g/mol. The number of rotatable bonds is 3. The Hall–Kier alpha value is -1.22. The predicted octanol–water partition coefficient (Wildman–Crippen LogP) is 3.69. The summed E-state index contributed by atoms with van der Waals surface area (Å²) in [6.07, 6.45) is 0. The smallest absolute Gasteiger partial charge is 0.339 e. The fraction of sp³-hybridized carbons (Fsp3) is 0.462. The first-order valence-electron chi connectivity index (χ1n) is 5.50. The zero-order valence-corrected chi connectivity index (χ0v) is 11.3. The maximum Gasteiger partial charge on any atom is 0.339 e. The molecule has 0 unspecified atom stereocenters. The Morgan fingerprint density at radius 3 is 2.53 bits per heavy atom. The third kappa shape index (κ3) is 3.93. The van der Waals surface area contributed by atoms with Crippen LogP contribution in [0.5, 0.6) is 5.75 Å². The van der Waals surface area contributed by atoms with Gasteiger partial charge in [0.15, 0.2) is 0 Å². The van der Waals surface area contributed by atoms with Crippen molar-refractivity contribution < 1.29 is 14.3 Å². The lowest BCUT2D eigenvalue weighted by atomic mass is 10.1. The maximum atomic E-state index is 11.6. The molecule has 0 aliphatic carbocycles. The van der Waals surface area contributed by atoms with Crippen molar-refractivity contribution in [2.75, 3.05) is 6.61 Å². The van der Waals surface area contributed by atoms with Crippen LogP contribution in [0, 0.1) is 0 Å². The van der Waals surface area contributed by atoms with Crippen molar-refractivity contribution in [3.63, 3.8) is 0 Å². The topological polar surface area (TPSA) is 35.5 Å². The van der Waals surface area contributed by atoms with E-state index in [2.05, 4.69) is 0 Å². The molecule has 3 nitrogen and oxygen atoms in total. The van der Waals surface area contributed by atoms with Gasteiger partial charge in [0.05, 0.1) is 17.2 Å². The second-order valence-corrected chi connectivity index (χ2v) is 4.93. The number of carbonyl (C=O) groups is 1. The number of hydrogen-bond acceptors (Lipinski definition) is 3. The van der Waals surface area contributed by atoms with E-state index in [4.69, 9.17) is 21.1 Å². The molecule has 0 aromatic heterocycles. The molecule has 17 heavy (non-hydrogen) atoms. The van der Waals surface area contributed by atoms with Crippen LogP contribution in [0.2, 0.25) is 5.02 Å². The van der Waals surface area contributed by atoms with Crippen LogP contribution in [0.4, 0.5) is 0 Å². The van der Waals surface area contributed by atoms with Crippen LogP contribution in [0.25, 0.3) is 0 Å². The Morgan fingerprint density at radius 2 is 2.00 bits per heavy atom. The molecule has 1 rings (SSSR count). The van der Waals surface area contributed by atoms with E-state index < -0.39 is 5.97 Å². The summed E-state index contributed by atoms with van der Waals surface area (Å²) in [5.74, 6) is 0.0570. The van der Waals surface area contributed by atoms with Gasteiger partial charge in [-0.15, -0.1) is 0 Å². The Bertz CT molecular complexity index is 408. The van der Waals surface area contributed by atoms with E-state index in [0.29, 0.717) is 22.9 Å². The van der Waals surface area contributed by atoms with Crippen molar-refractivity contribution in [1.29, 1.82) is 0 Å². The van der Waals surface area contributed by atoms with E-state index in [1.54, 1.807) is 25.1 Å². The van der Waals surface area contributed by atoms with Gasteiger partial charge < -0.3 is 9.47 Å². The average Bonchev–Trinajstić information content (AvgIpc) is 2.19. The first kappa shape index (κ1) is 13.8. The highest BCUT2D eigenvalue weighted by Crippen LogP contribution is 2.31. The third-order valence-electron chi connectivity index (χ3n) is 1.87. The molecule has 1 aromatic carbocycles. The summed E-state index contributed by atoms with van der Waals surface area (Å²) >= 11 is 6.12. The highest BCUT2D eigenvalue weighted by molar-refractivity contribution is 6.35. The summed E-state index contributed by atoms with van der Waals surface area (Å²) in [7, 11) is 0. The van der Waals surface area contributed by atoms with Crippen LogP contribution in [0.3, 0.4) is 0 Å². The van der Waals surface area contributed by atoms with Gasteiger partial charge >= 0.3 is 5.97 Å². The summed E-state index contributed by atoms with van der Waals surface area (Å²) in [4.78, 5) is 11.6. The lowest BCUT2D eigenvalue weighted by molar-refractivity contribution is 0.0524. The molecule has 0 atom stereocenters. The summed E-state index contributed by atoms with van der Waals surface area (Å²) in [5, 5.41) is 0.292. The molecule has 0 spiro atoms. The molecule has 0 fully saturated rings. The van der Waals surface area contributed by atoms with E-state index in [1.165, 1.54) is 0 Å². The minimum Gasteiger partial charge on any atom is -0.487 e. The minimum atomic E-state index is -0.433. The number of ether oxygens (including phenoxy) is 2. The number of halogens is 1. The zero-order valence-electron chi connectivity index (χ0n) is 10.5. The monoisotopic (exact) mass is 256 g/mol. The maximum absolute atomic E-state index is 11.6. The molecule has 0 radical (unpaired) electrons. The molecule has 0 heterocycles. The van der Waals surface area contributed by atoms with Gasteiger partial charge in [0.1, 0.15) is 11.4 Å². The van der Waals surface area contributed by atoms with Crippen molar-refractivity contribution in [3.05, 3.63) is 28.8 Å². The van der Waals surface area contributed by atoms with Gasteiger partial charge in [-0.1, -0.05) is 17.7 Å². The molecule has 0 aliphatic rings. The van der Waals surface area contributed by atoms with Crippen molar-refractivity contribution in [3.8, 4) is 5.75 Å². The van der Waals surface area contributed by atoms with Crippen LogP contribution in [0.15, 0.2) is 18.2 Å². The number of hydrogen-bond donors (Lipinski definition) is 0. The summed E-state index contributed by atoms with van der Waals surface area (Å²) in [6, 6.07) is 5.07. The molecule has 0 bridgehead atoms. The quantitative estimate of drug-likeness (QED) is 0.774. The van der Waals surface area contributed by atoms with E-state index in [0.717, 1.165) is 0 Å². The van der Waals surface area contributed by atoms with Gasteiger partial charge in [-0.2, -0.15) is 0 Å². The van der Waals surface area contributed by atoms with Crippen LogP contribution in [-0.4, -0.2) is 18.2 Å². The molecule has 0 N–H and O–H groups in total. The molecule has 4 heteroatoms. The number of esters is 1. The summed E-state index contributed by atoms with van der Waals surface area (Å²) < 4.78 is 10.6. The molecule has 0 saturated heterocycles. The first-order valence-corrected chi connectivity index (χ1v) is 5.87. The van der Waals surface area contributed by atoms with Gasteiger partial charge in [0, 0.05) is 0 Å². The van der Waals surface area contributed by atoms with E-state index in [-0.39, 0.29) is 5.60 Å². The zero-order chi connectivity index (χ0) is 13.1. The van der Waals surface area contributed by atoms with Crippen molar-refractivity contribution in [2.45, 2.75) is 33.3 Å². The third-order valence-corrected chi connectivity index (χ3v) is 2.26. The van der Waals surface area contributed by atoms with Crippen LogP contribution >= 0.6 is 11.6 Å². The second kappa shape index (κ2) is 5.41. The summed E-state index contributed by atoms with van der Waals surface area (Å²) in [6.45, 7) is 7.82. The van der Waals surface area contributed by atoms with Gasteiger partial charge in [-0.05, 0) is 39.8 Å². The SMILES string of the molecule is CCOC(=O)c1cccc(OC(C)(C)C)c1Cl. The predicted molar refractivity (Wildman–Crippen MR) is 67.8 cm³/mol. The molecule has 0 aliphatic heterocycles. The highest BCUT2D eigenvalue weighted by atomic mass is 35.5. The molecular weight excluding hydrogens is 240 g/mol. The first-order chi connectivity index (χ1) is 7.85. The largest absolute Gasteiger partial charge is 0.487 e. The second-order valence-electron chi connectivity index (χ2n) is 4.55. The fourth-order valence-corrected chi connectivity index (χ4v) is 1.53. The minimum absolute atomic E-state index is 0.292. The van der Waals surface area contributed by atoms with Gasteiger partial charge in [-0.3, -0.25) is 0 Å². The fourth-order valence-electron chi connectivity index (χ4n) is 1.29. The Balaban J connectivity index is 3.03. The van der Waals surface area contributed by atoms with Crippen molar-refractivity contribution >= 4 is 17.6 Å². The lowest BCUT2D eigenvalue weighted by Gasteiger charge is -2.22.